The predicted molar refractivity (Wildman–Crippen MR) is 94.6 cm³/mol. The topological polar surface area (TPSA) is 78.5 Å². The van der Waals surface area contributed by atoms with Gasteiger partial charge in [-0.2, -0.15) is 5.10 Å². The molecular formula is C17H16ClFN6. The first-order valence-electron chi connectivity index (χ1n) is 7.99. The minimum absolute atomic E-state index is 0.355. The summed E-state index contributed by atoms with van der Waals surface area (Å²) < 4.78 is 13.1. The molecule has 8 heteroatoms. The zero-order valence-electron chi connectivity index (χ0n) is 13.3. The van der Waals surface area contributed by atoms with Gasteiger partial charge < -0.3 is 10.6 Å². The Labute approximate surface area is 148 Å². The van der Waals surface area contributed by atoms with E-state index in [1.54, 1.807) is 12.1 Å². The van der Waals surface area contributed by atoms with Crippen molar-refractivity contribution in [2.75, 3.05) is 10.6 Å². The lowest BCUT2D eigenvalue weighted by Gasteiger charge is -2.08. The lowest BCUT2D eigenvalue weighted by atomic mass is 10.2. The molecule has 0 aliphatic heterocycles. The molecule has 1 aliphatic carbocycles. The fourth-order valence-electron chi connectivity index (χ4n) is 2.51. The summed E-state index contributed by atoms with van der Waals surface area (Å²) in [5, 5.41) is 14.0. The first-order chi connectivity index (χ1) is 12.2. The van der Waals surface area contributed by atoms with Crippen molar-refractivity contribution in [1.29, 1.82) is 0 Å². The van der Waals surface area contributed by atoms with Gasteiger partial charge in [-0.1, -0.05) is 17.7 Å². The van der Waals surface area contributed by atoms with Crippen LogP contribution in [0.4, 0.5) is 21.8 Å². The molecule has 25 heavy (non-hydrogen) atoms. The summed E-state index contributed by atoms with van der Waals surface area (Å²) in [4.78, 5) is 8.38. The minimum atomic E-state index is -0.355. The average Bonchev–Trinajstić information content (AvgIpc) is 3.35. The van der Waals surface area contributed by atoms with Crippen LogP contribution in [0.5, 0.6) is 0 Å². The molecule has 3 aromatic rings. The number of nitrogens with one attached hydrogen (secondary N) is 3. The summed E-state index contributed by atoms with van der Waals surface area (Å²) in [6, 6.07) is 8.10. The van der Waals surface area contributed by atoms with Crippen LogP contribution in [0.1, 0.15) is 30.0 Å². The van der Waals surface area contributed by atoms with E-state index >= 15 is 0 Å². The Morgan fingerprint density at radius 3 is 2.76 bits per heavy atom. The predicted octanol–water partition coefficient (Wildman–Crippen LogP) is 4.23. The Kier molecular flexibility index (Phi) is 4.23. The monoisotopic (exact) mass is 358 g/mol. The highest BCUT2D eigenvalue weighted by atomic mass is 35.5. The number of benzene rings is 1. The number of rotatable bonds is 6. The van der Waals surface area contributed by atoms with Crippen LogP contribution in [0.15, 0.2) is 36.7 Å². The quantitative estimate of drug-likeness (QED) is 0.614. The SMILES string of the molecule is Fc1ccc(CNc2cc(Nc3cc(C4CC4)[nH]n3)ncn2)c(Cl)c1. The number of halogens is 2. The van der Waals surface area contributed by atoms with Crippen molar-refractivity contribution in [2.24, 2.45) is 0 Å². The molecule has 2 aromatic heterocycles. The van der Waals surface area contributed by atoms with Crippen molar-refractivity contribution < 1.29 is 4.39 Å². The van der Waals surface area contributed by atoms with Crippen molar-refractivity contribution in [3.8, 4) is 0 Å². The van der Waals surface area contributed by atoms with Gasteiger partial charge in [-0.3, -0.25) is 5.10 Å². The van der Waals surface area contributed by atoms with E-state index in [9.17, 15) is 4.39 Å². The second-order valence-corrected chi connectivity index (χ2v) is 6.39. The van der Waals surface area contributed by atoms with E-state index in [2.05, 4.69) is 30.8 Å². The summed E-state index contributed by atoms with van der Waals surface area (Å²) in [7, 11) is 0. The molecule has 1 saturated carbocycles. The second-order valence-electron chi connectivity index (χ2n) is 5.99. The number of hydrogen-bond acceptors (Lipinski definition) is 5. The molecule has 2 heterocycles. The second kappa shape index (κ2) is 6.68. The molecule has 0 radical (unpaired) electrons. The summed E-state index contributed by atoms with van der Waals surface area (Å²) in [5.74, 6) is 2.26. The fraction of sp³-hybridized carbons (Fsp3) is 0.235. The van der Waals surface area contributed by atoms with Crippen molar-refractivity contribution >= 4 is 29.1 Å². The number of hydrogen-bond donors (Lipinski definition) is 3. The van der Waals surface area contributed by atoms with Crippen LogP contribution in [-0.4, -0.2) is 20.2 Å². The maximum atomic E-state index is 13.1. The van der Waals surface area contributed by atoms with Gasteiger partial charge in [0.05, 0.1) is 0 Å². The first-order valence-corrected chi connectivity index (χ1v) is 8.37. The van der Waals surface area contributed by atoms with Gasteiger partial charge in [-0.05, 0) is 30.5 Å². The molecule has 4 rings (SSSR count). The number of anilines is 3. The van der Waals surface area contributed by atoms with Gasteiger partial charge in [0.15, 0.2) is 5.82 Å². The number of aromatic amines is 1. The third-order valence-corrected chi connectivity index (χ3v) is 4.36. The van der Waals surface area contributed by atoms with Crippen LogP contribution in [0.3, 0.4) is 0 Å². The third-order valence-electron chi connectivity index (χ3n) is 4.01. The van der Waals surface area contributed by atoms with Crippen LogP contribution in [0.2, 0.25) is 5.02 Å². The highest BCUT2D eigenvalue weighted by molar-refractivity contribution is 6.31. The van der Waals surface area contributed by atoms with Gasteiger partial charge >= 0.3 is 0 Å². The van der Waals surface area contributed by atoms with E-state index in [1.807, 2.05) is 6.07 Å². The zero-order valence-corrected chi connectivity index (χ0v) is 14.0. The van der Waals surface area contributed by atoms with Crippen LogP contribution in [-0.2, 0) is 6.54 Å². The maximum Gasteiger partial charge on any atom is 0.153 e. The van der Waals surface area contributed by atoms with E-state index in [-0.39, 0.29) is 5.82 Å². The minimum Gasteiger partial charge on any atom is -0.366 e. The molecule has 6 nitrogen and oxygen atoms in total. The summed E-state index contributed by atoms with van der Waals surface area (Å²) >= 11 is 6.03. The highest BCUT2D eigenvalue weighted by Gasteiger charge is 2.25. The highest BCUT2D eigenvalue weighted by Crippen LogP contribution is 2.39. The van der Waals surface area contributed by atoms with E-state index in [1.165, 1.54) is 31.3 Å². The molecule has 128 valence electrons. The van der Waals surface area contributed by atoms with Crippen molar-refractivity contribution in [2.45, 2.75) is 25.3 Å². The first kappa shape index (κ1) is 15.8. The molecule has 0 saturated heterocycles. The van der Waals surface area contributed by atoms with Gasteiger partial charge in [0, 0.05) is 35.3 Å². The lowest BCUT2D eigenvalue weighted by molar-refractivity contribution is 0.627. The molecule has 3 N–H and O–H groups in total. The number of nitrogens with zero attached hydrogens (tertiary/aromatic N) is 3. The van der Waals surface area contributed by atoms with Crippen LogP contribution in [0, 0.1) is 5.82 Å². The third kappa shape index (κ3) is 3.88. The van der Waals surface area contributed by atoms with Crippen molar-refractivity contribution in [3.05, 3.63) is 58.8 Å². The molecular weight excluding hydrogens is 343 g/mol. The number of aromatic nitrogens is 4. The van der Waals surface area contributed by atoms with Gasteiger partial charge in [0.25, 0.3) is 0 Å². The van der Waals surface area contributed by atoms with Crippen molar-refractivity contribution in [1.82, 2.24) is 20.2 Å². The lowest BCUT2D eigenvalue weighted by Crippen LogP contribution is -2.04. The Balaban J connectivity index is 1.41. The largest absolute Gasteiger partial charge is 0.366 e. The van der Waals surface area contributed by atoms with Gasteiger partial charge in [0.1, 0.15) is 23.8 Å². The Morgan fingerprint density at radius 2 is 1.96 bits per heavy atom. The van der Waals surface area contributed by atoms with Crippen LogP contribution in [0.25, 0.3) is 0 Å². The number of H-pyrrole nitrogens is 1. The maximum absolute atomic E-state index is 13.1. The van der Waals surface area contributed by atoms with Crippen molar-refractivity contribution in [3.63, 3.8) is 0 Å². The zero-order chi connectivity index (χ0) is 17.2. The Hall–Kier alpha value is -2.67. The fourth-order valence-corrected chi connectivity index (χ4v) is 2.74. The van der Waals surface area contributed by atoms with Crippen LogP contribution >= 0.6 is 11.6 Å². The van der Waals surface area contributed by atoms with Gasteiger partial charge in [-0.25, -0.2) is 14.4 Å². The molecule has 0 spiro atoms. The summed E-state index contributed by atoms with van der Waals surface area (Å²) in [6.07, 6.45) is 3.90. The standard InChI is InChI=1S/C17H16ClFN6/c18-13-5-12(19)4-3-11(13)8-20-15-7-16(22-9-21-15)23-17-6-14(24-25-17)10-1-2-10/h3-7,9-10H,1-2,8H2,(H3,20,21,22,23,24,25). The molecule has 1 aromatic carbocycles. The van der Waals surface area contributed by atoms with Gasteiger partial charge in [0.2, 0.25) is 0 Å². The average molecular weight is 359 g/mol. The molecule has 0 amide bonds. The van der Waals surface area contributed by atoms with Gasteiger partial charge in [-0.15, -0.1) is 0 Å². The molecule has 0 atom stereocenters. The Bertz CT molecular complexity index is 892. The smallest absolute Gasteiger partial charge is 0.153 e. The van der Waals surface area contributed by atoms with E-state index in [0.717, 1.165) is 17.1 Å². The molecule has 0 bridgehead atoms. The normalized spacial score (nSPS) is 13.7. The molecule has 1 aliphatic rings. The molecule has 0 unspecified atom stereocenters. The van der Waals surface area contributed by atoms with E-state index < -0.39 is 0 Å². The Morgan fingerprint density at radius 1 is 1.12 bits per heavy atom. The summed E-state index contributed by atoms with van der Waals surface area (Å²) in [6.45, 7) is 0.434. The van der Waals surface area contributed by atoms with E-state index in [4.69, 9.17) is 11.6 Å². The van der Waals surface area contributed by atoms with E-state index in [0.29, 0.717) is 29.1 Å². The molecule has 1 fully saturated rings. The summed E-state index contributed by atoms with van der Waals surface area (Å²) in [5.41, 5.74) is 1.94. The van der Waals surface area contributed by atoms with Crippen LogP contribution < -0.4 is 10.6 Å².